The summed E-state index contributed by atoms with van der Waals surface area (Å²) in [7, 11) is 0. The number of rotatable bonds is 4. The van der Waals surface area contributed by atoms with E-state index in [4.69, 9.17) is 11.6 Å². The Hall–Kier alpha value is -2.73. The summed E-state index contributed by atoms with van der Waals surface area (Å²) < 4.78 is 1.51. The van der Waals surface area contributed by atoms with E-state index in [0.29, 0.717) is 11.6 Å². The summed E-state index contributed by atoms with van der Waals surface area (Å²) in [5.74, 6) is -0.287. The molecule has 6 nitrogen and oxygen atoms in total. The van der Waals surface area contributed by atoms with Gasteiger partial charge in [-0.2, -0.15) is 0 Å². The lowest BCUT2D eigenvalue weighted by atomic mass is 10.2. The summed E-state index contributed by atoms with van der Waals surface area (Å²) in [6.07, 6.45) is 4.92. The topological polar surface area (TPSA) is 72.7 Å². The molecule has 1 amide bonds. The quantitative estimate of drug-likeness (QED) is 0.802. The Bertz CT molecular complexity index is 787. The first kappa shape index (κ1) is 14.2. The van der Waals surface area contributed by atoms with Crippen molar-refractivity contribution >= 4 is 17.5 Å². The van der Waals surface area contributed by atoms with E-state index in [1.54, 1.807) is 30.7 Å². The molecular weight excluding hydrogens is 302 g/mol. The zero-order valence-electron chi connectivity index (χ0n) is 11.5. The van der Waals surface area contributed by atoms with E-state index in [-0.39, 0.29) is 11.6 Å². The smallest absolute Gasteiger partial charge is 0.273 e. The molecule has 0 bridgehead atoms. The molecule has 0 spiro atoms. The summed E-state index contributed by atoms with van der Waals surface area (Å²) in [6.45, 7) is 0.408. The first-order valence-electron chi connectivity index (χ1n) is 6.58. The second-order valence-electron chi connectivity index (χ2n) is 4.57. The highest BCUT2D eigenvalue weighted by Crippen LogP contribution is 2.13. The largest absolute Gasteiger partial charge is 0.347 e. The molecule has 0 atom stereocenters. The highest BCUT2D eigenvalue weighted by Gasteiger charge is 2.11. The fourth-order valence-electron chi connectivity index (χ4n) is 1.89. The van der Waals surface area contributed by atoms with E-state index >= 15 is 0 Å². The molecule has 1 N–H and O–H groups in total. The zero-order chi connectivity index (χ0) is 15.4. The van der Waals surface area contributed by atoms with Gasteiger partial charge in [-0.25, -0.2) is 4.68 Å². The average Bonchev–Trinajstić information content (AvgIpc) is 3.04. The predicted molar refractivity (Wildman–Crippen MR) is 81.8 cm³/mol. The Labute approximate surface area is 131 Å². The third-order valence-corrected chi connectivity index (χ3v) is 3.24. The maximum atomic E-state index is 12.1. The number of halogens is 1. The van der Waals surface area contributed by atoms with Gasteiger partial charge < -0.3 is 5.32 Å². The lowest BCUT2D eigenvalue weighted by molar-refractivity contribution is 0.0946. The third kappa shape index (κ3) is 3.29. The Morgan fingerprint density at radius 1 is 1.23 bits per heavy atom. The molecule has 0 aliphatic heterocycles. The van der Waals surface area contributed by atoms with Gasteiger partial charge in [0.2, 0.25) is 0 Å². The van der Waals surface area contributed by atoms with Crippen LogP contribution in [0.4, 0.5) is 0 Å². The summed E-state index contributed by atoms with van der Waals surface area (Å²) in [5, 5.41) is 11.2. The van der Waals surface area contributed by atoms with E-state index in [1.165, 1.54) is 4.68 Å². The van der Waals surface area contributed by atoms with Crippen molar-refractivity contribution in [2.75, 3.05) is 0 Å². The Morgan fingerprint density at radius 2 is 2.05 bits per heavy atom. The minimum absolute atomic E-state index is 0.244. The molecule has 0 unspecified atom stereocenters. The van der Waals surface area contributed by atoms with E-state index in [2.05, 4.69) is 20.6 Å². The minimum Gasteiger partial charge on any atom is -0.347 e. The molecule has 110 valence electrons. The maximum absolute atomic E-state index is 12.1. The maximum Gasteiger partial charge on any atom is 0.273 e. The molecule has 2 aromatic heterocycles. The van der Waals surface area contributed by atoms with E-state index in [0.717, 1.165) is 11.3 Å². The van der Waals surface area contributed by atoms with Gasteiger partial charge in [-0.05, 0) is 35.9 Å². The number of amides is 1. The van der Waals surface area contributed by atoms with Gasteiger partial charge in [0.15, 0.2) is 5.69 Å². The van der Waals surface area contributed by atoms with Crippen LogP contribution in [0.1, 0.15) is 16.1 Å². The first-order valence-corrected chi connectivity index (χ1v) is 6.95. The molecular formula is C15H12ClN5O. The van der Waals surface area contributed by atoms with Crippen molar-refractivity contribution in [1.82, 2.24) is 25.3 Å². The van der Waals surface area contributed by atoms with Gasteiger partial charge in [0.05, 0.1) is 11.9 Å². The van der Waals surface area contributed by atoms with Crippen LogP contribution in [0.5, 0.6) is 0 Å². The molecule has 0 fully saturated rings. The second kappa shape index (κ2) is 6.36. The second-order valence-corrected chi connectivity index (χ2v) is 5.00. The van der Waals surface area contributed by atoms with Crippen molar-refractivity contribution in [3.8, 4) is 5.69 Å². The molecule has 3 aromatic rings. The Morgan fingerprint density at radius 3 is 2.82 bits per heavy atom. The Balaban J connectivity index is 1.69. The molecule has 3 rings (SSSR count). The van der Waals surface area contributed by atoms with Gasteiger partial charge in [-0.1, -0.05) is 22.9 Å². The zero-order valence-corrected chi connectivity index (χ0v) is 12.2. The van der Waals surface area contributed by atoms with Crippen molar-refractivity contribution in [1.29, 1.82) is 0 Å². The van der Waals surface area contributed by atoms with Crippen LogP contribution in [0, 0.1) is 0 Å². The van der Waals surface area contributed by atoms with Gasteiger partial charge in [0, 0.05) is 24.0 Å². The van der Waals surface area contributed by atoms with Gasteiger partial charge in [0.25, 0.3) is 5.91 Å². The van der Waals surface area contributed by atoms with E-state index in [1.807, 2.05) is 24.3 Å². The fraction of sp³-hybridized carbons (Fsp3) is 0.0667. The standard InChI is InChI=1S/C15H12ClN5O/c16-12-2-1-3-13(8-12)21-10-14(19-20-21)15(22)18-9-11-4-6-17-7-5-11/h1-8,10H,9H2,(H,18,22). The normalized spacial score (nSPS) is 10.4. The first-order chi connectivity index (χ1) is 10.7. The molecule has 0 saturated carbocycles. The van der Waals surface area contributed by atoms with E-state index in [9.17, 15) is 4.79 Å². The van der Waals surface area contributed by atoms with Gasteiger partial charge in [0.1, 0.15) is 0 Å². The molecule has 0 aliphatic rings. The van der Waals surface area contributed by atoms with Crippen LogP contribution < -0.4 is 5.32 Å². The highest BCUT2D eigenvalue weighted by molar-refractivity contribution is 6.30. The summed E-state index contributed by atoms with van der Waals surface area (Å²) in [4.78, 5) is 16.0. The van der Waals surface area contributed by atoms with Crippen molar-refractivity contribution in [3.63, 3.8) is 0 Å². The number of aromatic nitrogens is 4. The number of carbonyl (C=O) groups excluding carboxylic acids is 1. The van der Waals surface area contributed by atoms with Crippen LogP contribution in [-0.4, -0.2) is 25.9 Å². The molecule has 22 heavy (non-hydrogen) atoms. The molecule has 0 aliphatic carbocycles. The number of pyridine rings is 1. The number of carbonyl (C=O) groups is 1. The van der Waals surface area contributed by atoms with Crippen LogP contribution in [0.15, 0.2) is 55.0 Å². The van der Waals surface area contributed by atoms with Crippen LogP contribution in [0.2, 0.25) is 5.02 Å². The van der Waals surface area contributed by atoms with Crippen molar-refractivity contribution in [2.45, 2.75) is 6.54 Å². The van der Waals surface area contributed by atoms with Crippen molar-refractivity contribution < 1.29 is 4.79 Å². The van der Waals surface area contributed by atoms with E-state index < -0.39 is 0 Å². The average molecular weight is 314 g/mol. The number of nitrogens with zero attached hydrogens (tertiary/aromatic N) is 4. The number of hydrogen-bond acceptors (Lipinski definition) is 4. The van der Waals surface area contributed by atoms with Gasteiger partial charge in [-0.3, -0.25) is 9.78 Å². The highest BCUT2D eigenvalue weighted by atomic mass is 35.5. The SMILES string of the molecule is O=C(NCc1ccncc1)c1cn(-c2cccc(Cl)c2)nn1. The van der Waals surface area contributed by atoms with Crippen LogP contribution in [-0.2, 0) is 6.54 Å². The van der Waals surface area contributed by atoms with Crippen LogP contribution >= 0.6 is 11.6 Å². The molecule has 7 heteroatoms. The molecule has 2 heterocycles. The van der Waals surface area contributed by atoms with Crippen LogP contribution in [0.25, 0.3) is 5.69 Å². The monoisotopic (exact) mass is 313 g/mol. The van der Waals surface area contributed by atoms with Gasteiger partial charge in [-0.15, -0.1) is 5.10 Å². The lowest BCUT2D eigenvalue weighted by Gasteiger charge is -2.02. The number of benzene rings is 1. The Kier molecular flexibility index (Phi) is 4.11. The fourth-order valence-corrected chi connectivity index (χ4v) is 2.07. The van der Waals surface area contributed by atoms with Crippen molar-refractivity contribution in [2.24, 2.45) is 0 Å². The number of nitrogens with one attached hydrogen (secondary N) is 1. The molecule has 1 aromatic carbocycles. The molecule has 0 radical (unpaired) electrons. The molecule has 0 saturated heterocycles. The summed E-state index contributed by atoms with van der Waals surface area (Å²) in [6, 6.07) is 10.8. The number of hydrogen-bond donors (Lipinski definition) is 1. The predicted octanol–water partition coefficient (Wildman–Crippen LogP) is 2.25. The van der Waals surface area contributed by atoms with Crippen LogP contribution in [0.3, 0.4) is 0 Å². The van der Waals surface area contributed by atoms with Crippen molar-refractivity contribution in [3.05, 3.63) is 71.3 Å². The van der Waals surface area contributed by atoms with Gasteiger partial charge >= 0.3 is 0 Å². The lowest BCUT2D eigenvalue weighted by Crippen LogP contribution is -2.23. The summed E-state index contributed by atoms with van der Waals surface area (Å²) >= 11 is 5.94. The minimum atomic E-state index is -0.287. The third-order valence-electron chi connectivity index (χ3n) is 3.00. The summed E-state index contributed by atoms with van der Waals surface area (Å²) in [5.41, 5.74) is 1.95.